The van der Waals surface area contributed by atoms with Gasteiger partial charge in [-0.2, -0.15) is 0 Å². The molecule has 7 heteroatoms. The maximum atomic E-state index is 11.6. The molecular formula is C12H15BrO5S. The maximum Gasteiger partial charge on any atom is 0.209 e. The van der Waals surface area contributed by atoms with E-state index < -0.39 is 21.7 Å². The number of hydrogen-bond acceptors (Lipinski definition) is 5. The van der Waals surface area contributed by atoms with Gasteiger partial charge in [-0.05, 0) is 12.1 Å². The predicted octanol–water partition coefficient (Wildman–Crippen LogP) is 1.05. The van der Waals surface area contributed by atoms with Gasteiger partial charge in [0.05, 0.1) is 13.2 Å². The van der Waals surface area contributed by atoms with E-state index in [9.17, 15) is 8.42 Å². The molecule has 19 heavy (non-hydrogen) atoms. The van der Waals surface area contributed by atoms with Gasteiger partial charge in [0.2, 0.25) is 5.79 Å². The third-order valence-corrected chi connectivity index (χ3v) is 4.23. The average molecular weight is 351 g/mol. The Hall–Kier alpha value is -0.470. The molecule has 0 radical (unpaired) electrons. The van der Waals surface area contributed by atoms with Crippen LogP contribution < -0.4 is 0 Å². The van der Waals surface area contributed by atoms with Crippen molar-refractivity contribution in [3.8, 4) is 0 Å². The fourth-order valence-corrected chi connectivity index (χ4v) is 3.29. The van der Waals surface area contributed by atoms with Crippen molar-refractivity contribution < 1.29 is 23.0 Å². The van der Waals surface area contributed by atoms with Crippen molar-refractivity contribution in [2.45, 2.75) is 11.9 Å². The second-order valence-corrected chi connectivity index (χ2v) is 7.62. The van der Waals surface area contributed by atoms with Crippen molar-refractivity contribution in [1.82, 2.24) is 0 Å². The van der Waals surface area contributed by atoms with E-state index in [1.54, 1.807) is 24.3 Å². The van der Waals surface area contributed by atoms with E-state index in [0.717, 1.165) is 10.7 Å². The number of hydrogen-bond donors (Lipinski definition) is 1. The molecule has 1 fully saturated rings. The zero-order valence-electron chi connectivity index (χ0n) is 10.4. The summed E-state index contributed by atoms with van der Waals surface area (Å²) in [6.07, 6.45) is 0.623. The van der Waals surface area contributed by atoms with Crippen molar-refractivity contribution in [3.63, 3.8) is 0 Å². The fraction of sp³-hybridized carbons (Fsp3) is 0.500. The molecule has 0 amide bonds. The quantitative estimate of drug-likeness (QED) is 0.878. The van der Waals surface area contributed by atoms with Crippen LogP contribution >= 0.6 is 15.9 Å². The Bertz CT molecular complexity index is 542. The molecule has 0 aliphatic carbocycles. The Morgan fingerprint density at radius 1 is 1.42 bits per heavy atom. The van der Waals surface area contributed by atoms with E-state index in [0.29, 0.717) is 5.56 Å². The topological polar surface area (TPSA) is 72.8 Å². The van der Waals surface area contributed by atoms with E-state index >= 15 is 0 Å². The molecule has 1 aromatic rings. The zero-order chi connectivity index (χ0) is 14.1. The van der Waals surface area contributed by atoms with Gasteiger partial charge in [0.25, 0.3) is 0 Å². The van der Waals surface area contributed by atoms with Gasteiger partial charge in [-0.25, -0.2) is 8.42 Å². The summed E-state index contributed by atoms with van der Waals surface area (Å²) < 4.78 is 35.3. The molecule has 1 heterocycles. The Labute approximate surface area is 120 Å². The molecule has 2 rings (SSSR count). The Balaban J connectivity index is 2.37. The van der Waals surface area contributed by atoms with Crippen LogP contribution in [0.5, 0.6) is 0 Å². The summed E-state index contributed by atoms with van der Waals surface area (Å²) in [4.78, 5) is 0. The summed E-state index contributed by atoms with van der Waals surface area (Å²) >= 11 is 3.32. The lowest BCUT2D eigenvalue weighted by Crippen LogP contribution is -2.36. The van der Waals surface area contributed by atoms with Crippen LogP contribution in [0.2, 0.25) is 0 Å². The number of aliphatic hydroxyl groups excluding tert-OH is 1. The number of ether oxygens (including phenoxy) is 2. The first kappa shape index (κ1) is 14.9. The Morgan fingerprint density at radius 3 is 2.53 bits per heavy atom. The highest BCUT2D eigenvalue weighted by atomic mass is 79.9. The maximum absolute atomic E-state index is 11.6. The van der Waals surface area contributed by atoms with Crippen LogP contribution in [-0.2, 0) is 25.1 Å². The first-order valence-electron chi connectivity index (χ1n) is 5.71. The van der Waals surface area contributed by atoms with Crippen LogP contribution in [-0.4, -0.2) is 44.9 Å². The molecule has 0 unspecified atom stereocenters. The molecule has 1 aromatic carbocycles. The van der Waals surface area contributed by atoms with Crippen molar-refractivity contribution >= 4 is 25.8 Å². The predicted molar refractivity (Wildman–Crippen MR) is 73.4 cm³/mol. The van der Waals surface area contributed by atoms with Gasteiger partial charge >= 0.3 is 0 Å². The molecule has 2 atom stereocenters. The third-order valence-electron chi connectivity index (χ3n) is 2.80. The SMILES string of the molecule is CS(=O)(=O)C[C@]1(c2ccc(Br)cc2)OC[C@@H](CO)O1. The number of sulfone groups is 1. The van der Waals surface area contributed by atoms with Crippen LogP contribution in [0.15, 0.2) is 28.7 Å². The van der Waals surface area contributed by atoms with Gasteiger partial charge in [-0.3, -0.25) is 0 Å². The van der Waals surface area contributed by atoms with E-state index in [1.807, 2.05) is 0 Å². The molecule has 106 valence electrons. The highest BCUT2D eigenvalue weighted by Gasteiger charge is 2.45. The molecule has 1 aliphatic heterocycles. The molecule has 1 saturated heterocycles. The standard InChI is InChI=1S/C12H15BrO5S/c1-19(15,16)8-12(17-7-11(6-14)18-12)9-2-4-10(13)5-3-9/h2-5,11,14H,6-8H2,1H3/t11-,12+/m1/s1. The van der Waals surface area contributed by atoms with E-state index in [-0.39, 0.29) is 19.0 Å². The Morgan fingerprint density at radius 2 is 2.05 bits per heavy atom. The number of halogens is 1. The average Bonchev–Trinajstić information content (AvgIpc) is 2.72. The van der Waals surface area contributed by atoms with E-state index in [1.165, 1.54) is 0 Å². The zero-order valence-corrected chi connectivity index (χ0v) is 12.8. The van der Waals surface area contributed by atoms with E-state index in [4.69, 9.17) is 14.6 Å². The van der Waals surface area contributed by atoms with Crippen LogP contribution in [0, 0.1) is 0 Å². The highest BCUT2D eigenvalue weighted by Crippen LogP contribution is 2.36. The van der Waals surface area contributed by atoms with Gasteiger partial charge < -0.3 is 14.6 Å². The normalized spacial score (nSPS) is 27.6. The van der Waals surface area contributed by atoms with Crippen LogP contribution in [0.1, 0.15) is 5.56 Å². The van der Waals surface area contributed by atoms with Gasteiger partial charge in [0.1, 0.15) is 11.9 Å². The molecule has 0 bridgehead atoms. The monoisotopic (exact) mass is 350 g/mol. The minimum atomic E-state index is -3.30. The summed E-state index contributed by atoms with van der Waals surface area (Å²) in [5, 5.41) is 9.13. The lowest BCUT2D eigenvalue weighted by molar-refractivity contribution is -0.162. The lowest BCUT2D eigenvalue weighted by atomic mass is 10.1. The van der Waals surface area contributed by atoms with Crippen LogP contribution in [0.4, 0.5) is 0 Å². The highest BCUT2D eigenvalue weighted by molar-refractivity contribution is 9.10. The van der Waals surface area contributed by atoms with Crippen LogP contribution in [0.25, 0.3) is 0 Å². The lowest BCUT2D eigenvalue weighted by Gasteiger charge is -2.27. The number of benzene rings is 1. The van der Waals surface area contributed by atoms with E-state index in [2.05, 4.69) is 15.9 Å². The number of rotatable bonds is 4. The largest absolute Gasteiger partial charge is 0.394 e. The van der Waals surface area contributed by atoms with Crippen molar-refractivity contribution in [3.05, 3.63) is 34.3 Å². The second kappa shape index (κ2) is 5.49. The molecule has 0 aromatic heterocycles. The number of aliphatic hydroxyl groups is 1. The molecule has 5 nitrogen and oxygen atoms in total. The third kappa shape index (κ3) is 3.55. The summed E-state index contributed by atoms with van der Waals surface area (Å²) in [7, 11) is -3.30. The van der Waals surface area contributed by atoms with Crippen molar-refractivity contribution in [1.29, 1.82) is 0 Å². The minimum absolute atomic E-state index is 0.169. The molecular weight excluding hydrogens is 336 g/mol. The van der Waals surface area contributed by atoms with Gasteiger partial charge in [0.15, 0.2) is 9.84 Å². The van der Waals surface area contributed by atoms with Gasteiger partial charge in [-0.1, -0.05) is 28.1 Å². The molecule has 0 spiro atoms. The van der Waals surface area contributed by atoms with Crippen molar-refractivity contribution in [2.24, 2.45) is 0 Å². The summed E-state index contributed by atoms with van der Waals surface area (Å²) in [6.45, 7) is -0.0376. The minimum Gasteiger partial charge on any atom is -0.394 e. The summed E-state index contributed by atoms with van der Waals surface area (Å²) in [5.74, 6) is -1.61. The first-order chi connectivity index (χ1) is 8.85. The van der Waals surface area contributed by atoms with Gasteiger partial charge in [0, 0.05) is 16.3 Å². The second-order valence-electron chi connectivity index (χ2n) is 4.56. The van der Waals surface area contributed by atoms with Crippen molar-refractivity contribution in [2.75, 3.05) is 25.2 Å². The smallest absolute Gasteiger partial charge is 0.209 e. The van der Waals surface area contributed by atoms with Gasteiger partial charge in [-0.15, -0.1) is 0 Å². The molecule has 1 N–H and O–H groups in total. The summed E-state index contributed by atoms with van der Waals surface area (Å²) in [5.41, 5.74) is 0.622. The fourth-order valence-electron chi connectivity index (χ4n) is 2.01. The molecule has 1 aliphatic rings. The summed E-state index contributed by atoms with van der Waals surface area (Å²) in [6, 6.07) is 7.07. The molecule has 0 saturated carbocycles. The Kier molecular flexibility index (Phi) is 4.32. The first-order valence-corrected chi connectivity index (χ1v) is 8.56. The van der Waals surface area contributed by atoms with Crippen LogP contribution in [0.3, 0.4) is 0 Å².